The molecule has 1 heterocycles. The zero-order valence-corrected chi connectivity index (χ0v) is 11.9. The molecule has 0 fully saturated rings. The molecule has 1 aromatic carbocycles. The number of carbonyl (C=O) groups excluding carboxylic acids is 1. The van der Waals surface area contributed by atoms with E-state index in [4.69, 9.17) is 22.1 Å². The SMILES string of the molecule is COc1c(N)cccc1C(=O)Nc1c(C)ccnc1Cl. The number of amides is 1. The van der Waals surface area contributed by atoms with Crippen LogP contribution in [0.1, 0.15) is 15.9 Å². The number of pyridine rings is 1. The van der Waals surface area contributed by atoms with Crippen LogP contribution in [-0.2, 0) is 0 Å². The molecule has 0 aliphatic carbocycles. The van der Waals surface area contributed by atoms with Crippen molar-refractivity contribution < 1.29 is 9.53 Å². The maximum Gasteiger partial charge on any atom is 0.259 e. The van der Waals surface area contributed by atoms with E-state index in [2.05, 4.69) is 10.3 Å². The molecule has 0 spiro atoms. The predicted molar refractivity (Wildman–Crippen MR) is 79.3 cm³/mol. The van der Waals surface area contributed by atoms with Crippen LogP contribution in [0.5, 0.6) is 5.75 Å². The molecule has 0 aliphatic heterocycles. The van der Waals surface area contributed by atoms with E-state index in [0.29, 0.717) is 22.7 Å². The summed E-state index contributed by atoms with van der Waals surface area (Å²) in [6.45, 7) is 1.83. The van der Waals surface area contributed by atoms with Gasteiger partial charge in [-0.2, -0.15) is 0 Å². The molecular formula is C14H14ClN3O2. The molecule has 1 aromatic heterocycles. The molecule has 0 aliphatic rings. The molecule has 2 aromatic rings. The molecule has 20 heavy (non-hydrogen) atoms. The Hall–Kier alpha value is -2.27. The van der Waals surface area contributed by atoms with Crippen LogP contribution >= 0.6 is 11.6 Å². The second-order valence-corrected chi connectivity index (χ2v) is 4.53. The summed E-state index contributed by atoms with van der Waals surface area (Å²) >= 11 is 5.98. The van der Waals surface area contributed by atoms with E-state index >= 15 is 0 Å². The number of aryl methyl sites for hydroxylation is 1. The Morgan fingerprint density at radius 1 is 1.40 bits per heavy atom. The molecule has 6 heteroatoms. The highest BCUT2D eigenvalue weighted by Crippen LogP contribution is 2.28. The van der Waals surface area contributed by atoms with Crippen LogP contribution in [0.3, 0.4) is 0 Å². The van der Waals surface area contributed by atoms with Gasteiger partial charge in [0.1, 0.15) is 0 Å². The van der Waals surface area contributed by atoms with Gasteiger partial charge in [0.25, 0.3) is 5.91 Å². The zero-order valence-electron chi connectivity index (χ0n) is 11.1. The van der Waals surface area contributed by atoms with E-state index in [1.54, 1.807) is 30.5 Å². The first-order chi connectivity index (χ1) is 9.54. The van der Waals surface area contributed by atoms with Crippen molar-refractivity contribution in [2.45, 2.75) is 6.92 Å². The lowest BCUT2D eigenvalue weighted by Crippen LogP contribution is -2.15. The minimum absolute atomic E-state index is 0.237. The number of carbonyl (C=O) groups is 1. The Labute approximate surface area is 121 Å². The fraction of sp³-hybridized carbons (Fsp3) is 0.143. The third-order valence-electron chi connectivity index (χ3n) is 2.85. The molecular weight excluding hydrogens is 278 g/mol. The largest absolute Gasteiger partial charge is 0.494 e. The van der Waals surface area contributed by atoms with Crippen molar-refractivity contribution in [2.24, 2.45) is 0 Å². The molecule has 5 nitrogen and oxygen atoms in total. The highest BCUT2D eigenvalue weighted by atomic mass is 35.5. The highest BCUT2D eigenvalue weighted by molar-refractivity contribution is 6.33. The van der Waals surface area contributed by atoms with Crippen molar-refractivity contribution in [1.29, 1.82) is 0 Å². The summed E-state index contributed by atoms with van der Waals surface area (Å²) in [4.78, 5) is 16.3. The van der Waals surface area contributed by atoms with Crippen molar-refractivity contribution in [1.82, 2.24) is 4.98 Å². The summed E-state index contributed by atoms with van der Waals surface area (Å²) in [5, 5.41) is 2.97. The zero-order chi connectivity index (χ0) is 14.7. The lowest BCUT2D eigenvalue weighted by atomic mass is 10.1. The van der Waals surface area contributed by atoms with Crippen molar-refractivity contribution >= 4 is 28.9 Å². The second-order valence-electron chi connectivity index (χ2n) is 4.18. The fourth-order valence-corrected chi connectivity index (χ4v) is 2.07. The van der Waals surface area contributed by atoms with Gasteiger partial charge in [-0.3, -0.25) is 4.79 Å². The van der Waals surface area contributed by atoms with E-state index in [-0.39, 0.29) is 11.1 Å². The maximum atomic E-state index is 12.3. The number of hydrogen-bond donors (Lipinski definition) is 2. The lowest BCUT2D eigenvalue weighted by Gasteiger charge is -2.13. The predicted octanol–water partition coefficient (Wildman–Crippen LogP) is 2.89. The van der Waals surface area contributed by atoms with Crippen molar-refractivity contribution in [3.8, 4) is 5.75 Å². The molecule has 0 unspecified atom stereocenters. The van der Waals surface area contributed by atoms with Gasteiger partial charge in [0.15, 0.2) is 10.9 Å². The molecule has 0 radical (unpaired) electrons. The summed E-state index contributed by atoms with van der Waals surface area (Å²) in [6, 6.07) is 6.74. The molecule has 0 saturated carbocycles. The van der Waals surface area contributed by atoms with Gasteiger partial charge < -0.3 is 15.8 Å². The lowest BCUT2D eigenvalue weighted by molar-refractivity contribution is 0.102. The number of aromatic nitrogens is 1. The Morgan fingerprint density at radius 3 is 2.80 bits per heavy atom. The Kier molecular flexibility index (Phi) is 4.10. The molecule has 2 rings (SSSR count). The van der Waals surface area contributed by atoms with Crippen LogP contribution in [0, 0.1) is 6.92 Å². The van der Waals surface area contributed by atoms with Gasteiger partial charge in [0, 0.05) is 6.20 Å². The monoisotopic (exact) mass is 291 g/mol. The number of methoxy groups -OCH3 is 1. The highest BCUT2D eigenvalue weighted by Gasteiger charge is 2.16. The standard InChI is InChI=1S/C14H14ClN3O2/c1-8-6-7-17-13(15)11(8)18-14(19)9-4-3-5-10(16)12(9)20-2/h3-7H,16H2,1-2H3,(H,18,19). The molecule has 1 amide bonds. The smallest absolute Gasteiger partial charge is 0.259 e. The Morgan fingerprint density at radius 2 is 2.15 bits per heavy atom. The van der Waals surface area contributed by atoms with Crippen molar-refractivity contribution in [3.63, 3.8) is 0 Å². The second kappa shape index (κ2) is 5.79. The number of nitrogens with two attached hydrogens (primary N) is 1. The number of benzene rings is 1. The molecule has 0 atom stereocenters. The maximum absolute atomic E-state index is 12.3. The Balaban J connectivity index is 2.36. The van der Waals surface area contributed by atoms with Crippen LogP contribution in [0.2, 0.25) is 5.15 Å². The average Bonchev–Trinajstić information content (AvgIpc) is 2.42. The van der Waals surface area contributed by atoms with Crippen LogP contribution in [0.25, 0.3) is 0 Å². The summed E-state index contributed by atoms with van der Waals surface area (Å²) < 4.78 is 5.16. The summed E-state index contributed by atoms with van der Waals surface area (Å²) in [6.07, 6.45) is 1.58. The number of ether oxygens (including phenoxy) is 1. The third kappa shape index (κ3) is 2.67. The fourth-order valence-electron chi connectivity index (χ4n) is 1.82. The first kappa shape index (κ1) is 14.1. The van der Waals surface area contributed by atoms with Gasteiger partial charge in [-0.15, -0.1) is 0 Å². The average molecular weight is 292 g/mol. The molecule has 0 saturated heterocycles. The minimum Gasteiger partial charge on any atom is -0.494 e. The van der Waals surface area contributed by atoms with Crippen molar-refractivity contribution in [2.75, 3.05) is 18.2 Å². The molecule has 0 bridgehead atoms. The van der Waals surface area contributed by atoms with Crippen LogP contribution in [0.15, 0.2) is 30.5 Å². The first-order valence-corrected chi connectivity index (χ1v) is 6.27. The summed E-state index contributed by atoms with van der Waals surface area (Å²) in [5.74, 6) is -0.0187. The quantitative estimate of drug-likeness (QED) is 0.673. The van der Waals surface area contributed by atoms with Gasteiger partial charge >= 0.3 is 0 Å². The normalized spacial score (nSPS) is 10.2. The number of halogens is 1. The number of nitrogens with one attached hydrogen (secondary N) is 1. The van der Waals surface area contributed by atoms with Gasteiger partial charge in [0.2, 0.25) is 0 Å². The van der Waals surface area contributed by atoms with Crippen molar-refractivity contribution in [3.05, 3.63) is 46.7 Å². The molecule has 3 N–H and O–H groups in total. The van der Waals surface area contributed by atoms with E-state index in [1.165, 1.54) is 7.11 Å². The first-order valence-electron chi connectivity index (χ1n) is 5.89. The summed E-state index contributed by atoms with van der Waals surface area (Å²) in [7, 11) is 1.46. The number of nitrogen functional groups attached to an aromatic ring is 1. The van der Waals surface area contributed by atoms with E-state index in [0.717, 1.165) is 5.56 Å². The number of rotatable bonds is 3. The van der Waals surface area contributed by atoms with Gasteiger partial charge in [-0.25, -0.2) is 4.98 Å². The van der Waals surface area contributed by atoms with E-state index < -0.39 is 0 Å². The minimum atomic E-state index is -0.354. The van der Waals surface area contributed by atoms with Gasteiger partial charge in [0.05, 0.1) is 24.0 Å². The van der Waals surface area contributed by atoms with Crippen LogP contribution in [-0.4, -0.2) is 18.0 Å². The van der Waals surface area contributed by atoms with Gasteiger partial charge in [-0.05, 0) is 30.7 Å². The summed E-state index contributed by atoms with van der Waals surface area (Å²) in [5.41, 5.74) is 7.81. The number of hydrogen-bond acceptors (Lipinski definition) is 4. The van der Waals surface area contributed by atoms with Crippen LogP contribution < -0.4 is 15.8 Å². The molecule has 104 valence electrons. The topological polar surface area (TPSA) is 77.2 Å². The van der Waals surface area contributed by atoms with Gasteiger partial charge in [-0.1, -0.05) is 17.7 Å². The Bertz CT molecular complexity index is 639. The number of nitrogens with zero attached hydrogens (tertiary/aromatic N) is 1. The van der Waals surface area contributed by atoms with E-state index in [1.807, 2.05) is 6.92 Å². The van der Waals surface area contributed by atoms with Crippen LogP contribution in [0.4, 0.5) is 11.4 Å². The van der Waals surface area contributed by atoms with E-state index in [9.17, 15) is 4.79 Å². The third-order valence-corrected chi connectivity index (χ3v) is 3.13. The number of para-hydroxylation sites is 1. The number of anilines is 2.